The lowest BCUT2D eigenvalue weighted by Crippen LogP contribution is -2.32. The minimum absolute atomic E-state index is 0.0288. The number of phenols is 1. The second kappa shape index (κ2) is 10.9. The molecular weight excluding hydrogens is 442 g/mol. The summed E-state index contributed by atoms with van der Waals surface area (Å²) in [6.07, 6.45) is 3.47. The van der Waals surface area contributed by atoms with Crippen molar-refractivity contribution in [3.8, 4) is 17.0 Å². The largest absolute Gasteiger partial charge is 0.508 e. The number of amides is 1. The van der Waals surface area contributed by atoms with Gasteiger partial charge in [-0.1, -0.05) is 30.3 Å². The fraction of sp³-hybridized carbons (Fsp3) is 0.261. The summed E-state index contributed by atoms with van der Waals surface area (Å²) in [6, 6.07) is 16.2. The molecule has 2 aromatic carbocycles. The van der Waals surface area contributed by atoms with E-state index in [0.717, 1.165) is 29.4 Å². The van der Waals surface area contributed by atoms with Crippen molar-refractivity contribution in [1.82, 2.24) is 14.3 Å². The molecule has 3 aromatic rings. The molecule has 3 rings (SSSR count). The number of aromatic nitrogens is 2. The molecule has 0 aliphatic heterocycles. The number of sulfonamides is 1. The molecule has 0 saturated heterocycles. The van der Waals surface area contributed by atoms with E-state index in [1.165, 1.54) is 4.31 Å². The van der Waals surface area contributed by atoms with Crippen LogP contribution in [0.5, 0.6) is 5.75 Å². The van der Waals surface area contributed by atoms with Gasteiger partial charge in [0.2, 0.25) is 21.9 Å². The Morgan fingerprint density at radius 1 is 1.12 bits per heavy atom. The highest BCUT2D eigenvalue weighted by Crippen LogP contribution is 2.21. The van der Waals surface area contributed by atoms with Gasteiger partial charge in [0.25, 0.3) is 0 Å². The van der Waals surface area contributed by atoms with Gasteiger partial charge in [0.05, 0.1) is 11.9 Å². The Morgan fingerprint density at radius 3 is 2.58 bits per heavy atom. The van der Waals surface area contributed by atoms with E-state index in [1.807, 2.05) is 36.4 Å². The van der Waals surface area contributed by atoms with Gasteiger partial charge in [0.1, 0.15) is 5.75 Å². The summed E-state index contributed by atoms with van der Waals surface area (Å²) in [5.41, 5.74) is 8.54. The van der Waals surface area contributed by atoms with Gasteiger partial charge in [0.15, 0.2) is 0 Å². The summed E-state index contributed by atoms with van der Waals surface area (Å²) < 4.78 is 25.4. The zero-order chi connectivity index (χ0) is 23.8. The van der Waals surface area contributed by atoms with Crippen LogP contribution in [0.4, 0.5) is 5.95 Å². The smallest absolute Gasteiger partial charge is 0.223 e. The van der Waals surface area contributed by atoms with Crippen LogP contribution in [0.15, 0.2) is 60.8 Å². The molecule has 1 heterocycles. The van der Waals surface area contributed by atoms with Gasteiger partial charge in [-0.2, -0.15) is 4.31 Å². The zero-order valence-corrected chi connectivity index (χ0v) is 19.1. The van der Waals surface area contributed by atoms with Crippen molar-refractivity contribution < 1.29 is 18.3 Å². The molecule has 0 bridgehead atoms. The van der Waals surface area contributed by atoms with E-state index in [-0.39, 0.29) is 25.3 Å². The van der Waals surface area contributed by atoms with Crippen molar-refractivity contribution in [1.29, 1.82) is 0 Å². The van der Waals surface area contributed by atoms with Gasteiger partial charge in [-0.25, -0.2) is 18.4 Å². The van der Waals surface area contributed by atoms with Crippen molar-refractivity contribution in [2.75, 3.05) is 24.7 Å². The van der Waals surface area contributed by atoms with Crippen molar-refractivity contribution in [2.45, 2.75) is 19.4 Å². The molecule has 0 atom stereocenters. The Balaban J connectivity index is 1.68. The molecule has 0 aliphatic carbocycles. The second-order valence-corrected chi connectivity index (χ2v) is 9.60. The monoisotopic (exact) mass is 469 g/mol. The predicted octanol–water partition coefficient (Wildman–Crippen LogP) is 2.14. The fourth-order valence-electron chi connectivity index (χ4n) is 3.22. The summed E-state index contributed by atoms with van der Waals surface area (Å²) in [5.74, 6) is 0.164. The standard InChI is InChI=1S/C23H27N5O4S/c1-33(31,32)28(14-11-22(24)30)16-18-3-2-4-19(15-18)21-10-13-26-23(27-21)25-12-9-17-5-7-20(29)8-6-17/h2-8,10,13,15,29H,9,11-12,14,16H2,1H3,(H2,24,30)(H,25,26,27). The highest BCUT2D eigenvalue weighted by atomic mass is 32.2. The average molecular weight is 470 g/mol. The molecule has 0 aliphatic rings. The lowest BCUT2D eigenvalue weighted by molar-refractivity contribution is -0.118. The van der Waals surface area contributed by atoms with Crippen LogP contribution in [-0.4, -0.2) is 53.0 Å². The van der Waals surface area contributed by atoms with Crippen molar-refractivity contribution in [3.63, 3.8) is 0 Å². The number of rotatable bonds is 11. The molecule has 33 heavy (non-hydrogen) atoms. The maximum atomic E-state index is 12.1. The third-order valence-corrected chi connectivity index (χ3v) is 6.20. The third kappa shape index (κ3) is 7.55. The molecule has 0 radical (unpaired) electrons. The highest BCUT2D eigenvalue weighted by molar-refractivity contribution is 7.88. The first kappa shape index (κ1) is 24.1. The number of primary amides is 1. The van der Waals surface area contributed by atoms with E-state index in [9.17, 15) is 18.3 Å². The molecule has 1 aromatic heterocycles. The number of nitrogens with two attached hydrogens (primary N) is 1. The first-order valence-electron chi connectivity index (χ1n) is 10.4. The Morgan fingerprint density at radius 2 is 1.88 bits per heavy atom. The number of phenolic OH excluding ortho intramolecular Hbond substituents is 1. The van der Waals surface area contributed by atoms with Crippen LogP contribution in [0.25, 0.3) is 11.3 Å². The highest BCUT2D eigenvalue weighted by Gasteiger charge is 2.18. The number of nitrogens with one attached hydrogen (secondary N) is 1. The van der Waals surface area contributed by atoms with Gasteiger partial charge in [-0.05, 0) is 41.8 Å². The van der Waals surface area contributed by atoms with Gasteiger partial charge < -0.3 is 16.2 Å². The van der Waals surface area contributed by atoms with Crippen molar-refractivity contribution >= 4 is 21.9 Å². The fourth-order valence-corrected chi connectivity index (χ4v) is 4.02. The summed E-state index contributed by atoms with van der Waals surface area (Å²) in [4.78, 5) is 19.9. The number of anilines is 1. The normalized spacial score (nSPS) is 11.5. The van der Waals surface area contributed by atoms with Crippen LogP contribution in [0, 0.1) is 0 Å². The van der Waals surface area contributed by atoms with E-state index < -0.39 is 15.9 Å². The minimum Gasteiger partial charge on any atom is -0.508 e. The summed E-state index contributed by atoms with van der Waals surface area (Å²) >= 11 is 0. The van der Waals surface area contributed by atoms with Gasteiger partial charge >= 0.3 is 0 Å². The molecule has 174 valence electrons. The maximum absolute atomic E-state index is 12.1. The van der Waals surface area contributed by atoms with E-state index in [1.54, 1.807) is 24.4 Å². The van der Waals surface area contributed by atoms with E-state index in [0.29, 0.717) is 18.2 Å². The van der Waals surface area contributed by atoms with E-state index in [4.69, 9.17) is 5.73 Å². The minimum atomic E-state index is -3.50. The zero-order valence-electron chi connectivity index (χ0n) is 18.3. The van der Waals surface area contributed by atoms with Crippen LogP contribution in [0.1, 0.15) is 17.5 Å². The summed E-state index contributed by atoms with van der Waals surface area (Å²) in [5, 5.41) is 12.6. The second-order valence-electron chi connectivity index (χ2n) is 7.62. The molecule has 0 unspecified atom stereocenters. The first-order valence-corrected chi connectivity index (χ1v) is 12.2. The van der Waals surface area contributed by atoms with Crippen molar-refractivity contribution in [2.24, 2.45) is 5.73 Å². The predicted molar refractivity (Wildman–Crippen MR) is 127 cm³/mol. The molecular formula is C23H27N5O4S. The lowest BCUT2D eigenvalue weighted by atomic mass is 10.1. The number of aromatic hydroxyl groups is 1. The number of hydrogen-bond donors (Lipinski definition) is 3. The van der Waals surface area contributed by atoms with Gasteiger partial charge in [0, 0.05) is 37.8 Å². The maximum Gasteiger partial charge on any atom is 0.223 e. The van der Waals surface area contributed by atoms with Crippen LogP contribution in [-0.2, 0) is 27.8 Å². The first-order chi connectivity index (χ1) is 15.7. The van der Waals surface area contributed by atoms with Crippen LogP contribution in [0.3, 0.4) is 0 Å². The van der Waals surface area contributed by atoms with Crippen LogP contribution < -0.4 is 11.1 Å². The number of nitrogens with zero attached hydrogens (tertiary/aromatic N) is 3. The van der Waals surface area contributed by atoms with E-state index in [2.05, 4.69) is 15.3 Å². The number of carbonyl (C=O) groups is 1. The Hall–Kier alpha value is -3.50. The molecule has 0 fully saturated rings. The molecule has 0 saturated carbocycles. The Kier molecular flexibility index (Phi) is 7.96. The summed E-state index contributed by atoms with van der Waals surface area (Å²) in [7, 11) is -3.50. The van der Waals surface area contributed by atoms with Gasteiger partial charge in [-0.15, -0.1) is 0 Å². The molecule has 1 amide bonds. The molecule has 9 nitrogen and oxygen atoms in total. The summed E-state index contributed by atoms with van der Waals surface area (Å²) in [6.45, 7) is 0.779. The van der Waals surface area contributed by atoms with Crippen molar-refractivity contribution in [3.05, 3.63) is 71.9 Å². The third-order valence-electron chi connectivity index (χ3n) is 4.95. The quantitative estimate of drug-likeness (QED) is 0.391. The molecule has 4 N–H and O–H groups in total. The number of benzene rings is 2. The number of hydrogen-bond acceptors (Lipinski definition) is 7. The topological polar surface area (TPSA) is 139 Å². The average Bonchev–Trinajstić information content (AvgIpc) is 2.77. The van der Waals surface area contributed by atoms with Gasteiger partial charge in [-0.3, -0.25) is 4.79 Å². The SMILES string of the molecule is CS(=O)(=O)N(CCC(N)=O)Cc1cccc(-c2ccnc(NCCc3ccc(O)cc3)n2)c1. The van der Waals surface area contributed by atoms with Crippen LogP contribution in [0.2, 0.25) is 0 Å². The molecule has 10 heteroatoms. The Bertz CT molecular complexity index is 1200. The van der Waals surface area contributed by atoms with E-state index >= 15 is 0 Å². The lowest BCUT2D eigenvalue weighted by Gasteiger charge is -2.19. The van der Waals surface area contributed by atoms with Crippen LogP contribution >= 0.6 is 0 Å². The Labute approximate surface area is 193 Å². The molecule has 0 spiro atoms. The number of carbonyl (C=O) groups excluding carboxylic acids is 1.